The van der Waals surface area contributed by atoms with Crippen LogP contribution >= 0.6 is 0 Å². The molecule has 6 rings (SSSR count). The van der Waals surface area contributed by atoms with Crippen molar-refractivity contribution < 1.29 is 109 Å². The molecule has 0 nitrogen and oxygen atoms in total. The molecule has 0 atom stereocenters. The second kappa shape index (κ2) is 18.4. The molecule has 0 aliphatic carbocycles. The van der Waals surface area contributed by atoms with Crippen LogP contribution in [-0.4, -0.2) is 6.15 Å². The molecule has 0 amide bonds. The van der Waals surface area contributed by atoms with Gasteiger partial charge in [-0.05, 0) is 23.0 Å². The van der Waals surface area contributed by atoms with Crippen LogP contribution in [0.2, 0.25) is 0 Å². The van der Waals surface area contributed by atoms with Crippen molar-refractivity contribution in [3.8, 4) is 0 Å². The standard InChI is InChI=1S/C24BF20.C20H26I/c26-5-1(6(27)14(35)21(42)13(5)34)25(2-7(28)15(36)22(43)16(37)8(2)29,3-9(30)17(38)23(44)18(39)10(3)31)4-11(32)19(40)24(45)20(41)12(4)33;1-19(2,3)15-11-7-9-13-17(15)21-18-14-10-8-12-16(18)20(4,5)6/h;7-14H,1-6H3/q-1;+1. The predicted molar refractivity (Wildman–Crippen MR) is 197 cm³/mol. The second-order valence-electron chi connectivity index (χ2n) is 16.4. The molecular formula is C44H26BF20I. The first kappa shape index (κ1) is 51.7. The highest BCUT2D eigenvalue weighted by Crippen LogP contribution is 2.31. The van der Waals surface area contributed by atoms with Crippen molar-refractivity contribution in [1.82, 2.24) is 0 Å². The fourth-order valence-corrected chi connectivity index (χ4v) is 11.2. The maximum Gasteiger partial charge on any atom is 0.358 e. The molecule has 0 radical (unpaired) electrons. The van der Waals surface area contributed by atoms with E-state index in [9.17, 15) is 52.7 Å². The third-order valence-electron chi connectivity index (χ3n) is 10.3. The molecule has 22 heteroatoms. The number of hydrogen-bond donors (Lipinski definition) is 0. The van der Waals surface area contributed by atoms with E-state index < -0.39 is 144 Å². The largest absolute Gasteiger partial charge is 0.358 e. The lowest BCUT2D eigenvalue weighted by molar-refractivity contribution is -0.599. The minimum atomic E-state index is -7.22. The van der Waals surface area contributed by atoms with Crippen molar-refractivity contribution in [2.75, 3.05) is 0 Å². The van der Waals surface area contributed by atoms with E-state index in [2.05, 4.69) is 90.1 Å². The number of benzene rings is 6. The molecular weight excluding hydrogens is 1050 g/mol. The molecule has 0 N–H and O–H groups in total. The average Bonchev–Trinajstić information content (AvgIpc) is 3.26. The van der Waals surface area contributed by atoms with Gasteiger partial charge in [-0.3, -0.25) is 0 Å². The summed E-state index contributed by atoms with van der Waals surface area (Å²) in [5.74, 6) is -71.4. The van der Waals surface area contributed by atoms with E-state index in [0.717, 1.165) is 0 Å². The first-order valence-corrected chi connectivity index (χ1v) is 20.6. The predicted octanol–water partition coefficient (Wildman–Crippen LogP) is 8.26. The molecule has 6 aromatic rings. The van der Waals surface area contributed by atoms with Gasteiger partial charge in [0.25, 0.3) is 0 Å². The van der Waals surface area contributed by atoms with E-state index in [0.29, 0.717) is 0 Å². The smallest absolute Gasteiger partial charge is 0.207 e. The van der Waals surface area contributed by atoms with Crippen LogP contribution in [0.25, 0.3) is 0 Å². The van der Waals surface area contributed by atoms with E-state index >= 15 is 35.1 Å². The minimum Gasteiger partial charge on any atom is -0.207 e. The van der Waals surface area contributed by atoms with Crippen molar-refractivity contribution in [2.24, 2.45) is 0 Å². The van der Waals surface area contributed by atoms with Gasteiger partial charge in [0.1, 0.15) is 52.7 Å². The van der Waals surface area contributed by atoms with Gasteiger partial charge < -0.3 is 0 Å². The van der Waals surface area contributed by atoms with Crippen LogP contribution in [0.3, 0.4) is 0 Å². The molecule has 0 unspecified atom stereocenters. The average molecular weight is 1070 g/mol. The Hall–Kier alpha value is -5.29. The zero-order valence-corrected chi connectivity index (χ0v) is 36.3. The van der Waals surface area contributed by atoms with E-state index in [4.69, 9.17) is 0 Å². The fourth-order valence-electron chi connectivity index (χ4n) is 7.29. The number of hydrogen-bond acceptors (Lipinski definition) is 0. The Bertz CT molecular complexity index is 2480. The maximum atomic E-state index is 15.4. The summed E-state index contributed by atoms with van der Waals surface area (Å²) in [6.45, 7) is 13.9. The van der Waals surface area contributed by atoms with E-state index in [1.807, 2.05) is 0 Å². The van der Waals surface area contributed by atoms with Crippen molar-refractivity contribution >= 4 is 28.0 Å². The molecule has 0 heterocycles. The van der Waals surface area contributed by atoms with Crippen LogP contribution in [0.5, 0.6) is 0 Å². The van der Waals surface area contributed by atoms with Crippen LogP contribution in [0.4, 0.5) is 87.8 Å². The maximum absolute atomic E-state index is 15.4. The summed E-state index contributed by atoms with van der Waals surface area (Å²) in [4.78, 5) is 0. The summed E-state index contributed by atoms with van der Waals surface area (Å²) in [7, 11) is 0. The Kier molecular flexibility index (Phi) is 14.4. The number of rotatable bonds is 6. The van der Waals surface area contributed by atoms with Gasteiger partial charge in [-0.15, -0.1) is 21.9 Å². The van der Waals surface area contributed by atoms with E-state index in [1.54, 1.807) is 7.14 Å². The Morgan fingerprint density at radius 2 is 0.439 bits per heavy atom. The van der Waals surface area contributed by atoms with Gasteiger partial charge in [0, 0.05) is 11.1 Å². The zero-order chi connectivity index (χ0) is 50.0. The second-order valence-corrected chi connectivity index (χ2v) is 19.2. The fraction of sp³-hybridized carbons (Fsp3) is 0.182. The lowest BCUT2D eigenvalue weighted by Crippen LogP contribution is -3.62. The summed E-state index contributed by atoms with van der Waals surface area (Å²) in [5, 5.41) is 0. The van der Waals surface area contributed by atoms with Crippen molar-refractivity contribution in [1.29, 1.82) is 0 Å². The molecule has 0 fully saturated rings. The van der Waals surface area contributed by atoms with Crippen molar-refractivity contribution in [2.45, 2.75) is 52.4 Å². The van der Waals surface area contributed by atoms with Gasteiger partial charge in [-0.25, -0.2) is 87.8 Å². The number of halogens is 21. The quantitative estimate of drug-likeness (QED) is 0.0519. The molecule has 0 saturated heterocycles. The first-order valence-electron chi connectivity index (χ1n) is 18.5. The van der Waals surface area contributed by atoms with Gasteiger partial charge in [0.05, 0.1) is 0 Å². The van der Waals surface area contributed by atoms with Gasteiger partial charge in [-0.2, -0.15) is 0 Å². The lowest BCUT2D eigenvalue weighted by Gasteiger charge is -2.44. The summed E-state index contributed by atoms with van der Waals surface area (Å²) >= 11 is -0.147. The summed E-state index contributed by atoms with van der Waals surface area (Å²) < 4.78 is 297. The molecule has 0 spiro atoms. The normalized spacial score (nSPS) is 12.2. The molecule has 0 saturated carbocycles. The molecule has 0 aliphatic heterocycles. The lowest BCUT2D eigenvalue weighted by atomic mass is 9.12. The molecule has 66 heavy (non-hydrogen) atoms. The highest BCUT2D eigenvalue weighted by Gasteiger charge is 2.52. The van der Waals surface area contributed by atoms with Crippen molar-refractivity contribution in [3.63, 3.8) is 0 Å². The Morgan fingerprint density at radius 3 is 0.621 bits per heavy atom. The molecule has 0 bridgehead atoms. The van der Waals surface area contributed by atoms with Crippen LogP contribution < -0.4 is 43.1 Å². The van der Waals surface area contributed by atoms with E-state index in [1.165, 1.54) is 11.1 Å². The van der Waals surface area contributed by atoms with Crippen LogP contribution in [-0.2, 0) is 10.8 Å². The highest BCUT2D eigenvalue weighted by atomic mass is 127. The summed E-state index contributed by atoms with van der Waals surface area (Å²) in [6, 6.07) is 18.0. The van der Waals surface area contributed by atoms with Crippen molar-refractivity contribution in [3.05, 3.63) is 183 Å². The topological polar surface area (TPSA) is 0 Å². The molecule has 0 aromatic heterocycles. The SMILES string of the molecule is CC(C)(C)c1ccccc1[I+]c1ccccc1C(C)(C)C.Fc1c(F)c(F)c([B-](c2c(F)c(F)c(F)c(F)c2F)(c2c(F)c(F)c(F)c(F)c2F)c2c(F)c(F)c(F)c(F)c2F)c(F)c1F. The van der Waals surface area contributed by atoms with Crippen LogP contribution in [0, 0.1) is 123 Å². The molecule has 352 valence electrons. The Morgan fingerprint density at radius 1 is 0.273 bits per heavy atom. The zero-order valence-electron chi connectivity index (χ0n) is 34.1. The minimum absolute atomic E-state index is 0.147. The molecule has 0 aliphatic rings. The summed E-state index contributed by atoms with van der Waals surface area (Å²) in [5.41, 5.74) is -10.9. The van der Waals surface area contributed by atoms with E-state index in [-0.39, 0.29) is 32.0 Å². The monoisotopic (exact) mass is 1070 g/mol. The van der Waals surface area contributed by atoms with Gasteiger partial charge in [0.2, 0.25) is 0 Å². The molecule has 6 aromatic carbocycles. The third-order valence-corrected chi connectivity index (χ3v) is 13.3. The van der Waals surface area contributed by atoms with Crippen LogP contribution in [0.15, 0.2) is 48.5 Å². The Balaban J connectivity index is 0.000000324. The summed E-state index contributed by atoms with van der Waals surface area (Å²) in [6.07, 6.45) is -7.22. The van der Waals surface area contributed by atoms with Gasteiger partial charge in [-0.1, -0.05) is 77.9 Å². The first-order chi connectivity index (χ1) is 30.4. The Labute approximate surface area is 371 Å². The van der Waals surface area contributed by atoms with Crippen LogP contribution in [0.1, 0.15) is 52.7 Å². The van der Waals surface area contributed by atoms with Gasteiger partial charge in [0.15, 0.2) is 76.9 Å². The third kappa shape index (κ3) is 8.39. The van der Waals surface area contributed by atoms with Gasteiger partial charge >= 0.3 is 21.2 Å². The highest BCUT2D eigenvalue weighted by molar-refractivity contribution is 7.20.